The van der Waals surface area contributed by atoms with Crippen molar-refractivity contribution < 1.29 is 9.84 Å². The summed E-state index contributed by atoms with van der Waals surface area (Å²) in [6, 6.07) is 7.68. The van der Waals surface area contributed by atoms with E-state index in [0.29, 0.717) is 6.54 Å². The van der Waals surface area contributed by atoms with Gasteiger partial charge in [-0.1, -0.05) is 12.1 Å². The number of rotatable bonds is 5. The molecular weight excluding hydrogens is 192 g/mol. The fraction of sp³-hybridized carbons (Fsp3) is 0.455. The Morgan fingerprint density at radius 2 is 2.13 bits per heavy atom. The van der Waals surface area contributed by atoms with Crippen molar-refractivity contribution in [1.82, 2.24) is 0 Å². The molecule has 0 heterocycles. The standard InChI is InChI=1S/C11H18N2O2/c1-13(8-9(14)7-12)10-5-3-4-6-11(10)15-2/h3-6,9,14H,7-8,12H2,1-2H3. The molecular formula is C11H18N2O2. The Kier molecular flexibility index (Phi) is 4.39. The number of aliphatic hydroxyl groups excluding tert-OH is 1. The zero-order chi connectivity index (χ0) is 11.3. The highest BCUT2D eigenvalue weighted by molar-refractivity contribution is 5.57. The number of para-hydroxylation sites is 2. The van der Waals surface area contributed by atoms with Gasteiger partial charge in [0.05, 0.1) is 18.9 Å². The number of nitrogens with zero attached hydrogens (tertiary/aromatic N) is 1. The van der Waals surface area contributed by atoms with Crippen LogP contribution in [0.25, 0.3) is 0 Å². The van der Waals surface area contributed by atoms with E-state index in [9.17, 15) is 5.11 Å². The summed E-state index contributed by atoms with van der Waals surface area (Å²) in [7, 11) is 3.53. The highest BCUT2D eigenvalue weighted by atomic mass is 16.5. The lowest BCUT2D eigenvalue weighted by Gasteiger charge is -2.23. The Hall–Kier alpha value is -1.26. The molecule has 0 amide bonds. The molecule has 0 saturated heterocycles. The second-order valence-electron chi connectivity index (χ2n) is 3.44. The van der Waals surface area contributed by atoms with E-state index >= 15 is 0 Å². The molecule has 0 fully saturated rings. The fourth-order valence-electron chi connectivity index (χ4n) is 1.43. The summed E-state index contributed by atoms with van der Waals surface area (Å²) in [4.78, 5) is 1.93. The van der Waals surface area contributed by atoms with E-state index < -0.39 is 6.10 Å². The normalized spacial score (nSPS) is 12.3. The second kappa shape index (κ2) is 5.58. The van der Waals surface area contributed by atoms with Gasteiger partial charge in [-0.3, -0.25) is 0 Å². The van der Waals surface area contributed by atoms with Gasteiger partial charge < -0.3 is 20.5 Å². The van der Waals surface area contributed by atoms with E-state index in [4.69, 9.17) is 10.5 Å². The molecule has 0 radical (unpaired) electrons. The first-order valence-corrected chi connectivity index (χ1v) is 4.91. The molecule has 4 nitrogen and oxygen atoms in total. The van der Waals surface area contributed by atoms with E-state index in [1.165, 1.54) is 0 Å². The van der Waals surface area contributed by atoms with E-state index in [1.807, 2.05) is 36.2 Å². The summed E-state index contributed by atoms with van der Waals surface area (Å²) < 4.78 is 5.23. The van der Waals surface area contributed by atoms with E-state index in [2.05, 4.69) is 0 Å². The molecule has 1 rings (SSSR count). The molecule has 4 heteroatoms. The summed E-state index contributed by atoms with van der Waals surface area (Å²) in [6.07, 6.45) is -0.514. The molecule has 0 aliphatic heterocycles. The zero-order valence-corrected chi connectivity index (χ0v) is 9.18. The van der Waals surface area contributed by atoms with Gasteiger partial charge in [0.2, 0.25) is 0 Å². The van der Waals surface area contributed by atoms with Crippen molar-refractivity contribution in [1.29, 1.82) is 0 Å². The number of methoxy groups -OCH3 is 1. The average Bonchev–Trinajstić information content (AvgIpc) is 2.28. The lowest BCUT2D eigenvalue weighted by atomic mass is 10.2. The lowest BCUT2D eigenvalue weighted by Crippen LogP contribution is -2.34. The molecule has 0 saturated carbocycles. The highest BCUT2D eigenvalue weighted by Crippen LogP contribution is 2.26. The number of anilines is 1. The molecule has 1 aromatic rings. The number of hydrogen-bond donors (Lipinski definition) is 2. The van der Waals surface area contributed by atoms with Gasteiger partial charge in [-0.2, -0.15) is 0 Å². The van der Waals surface area contributed by atoms with E-state index in [-0.39, 0.29) is 6.54 Å². The van der Waals surface area contributed by atoms with Gasteiger partial charge in [-0.05, 0) is 12.1 Å². The molecule has 1 atom stereocenters. The van der Waals surface area contributed by atoms with Gasteiger partial charge >= 0.3 is 0 Å². The third kappa shape index (κ3) is 3.11. The lowest BCUT2D eigenvalue weighted by molar-refractivity contribution is 0.189. The van der Waals surface area contributed by atoms with Crippen LogP contribution in [0.1, 0.15) is 0 Å². The van der Waals surface area contributed by atoms with Gasteiger partial charge in [0, 0.05) is 20.1 Å². The van der Waals surface area contributed by atoms with Gasteiger partial charge in [0.15, 0.2) is 0 Å². The molecule has 3 N–H and O–H groups in total. The smallest absolute Gasteiger partial charge is 0.142 e. The minimum absolute atomic E-state index is 0.263. The Labute approximate surface area is 90.3 Å². The van der Waals surface area contributed by atoms with Crippen LogP contribution >= 0.6 is 0 Å². The molecule has 0 bridgehead atoms. The van der Waals surface area contributed by atoms with Crippen LogP contribution in [-0.4, -0.2) is 38.5 Å². The maximum atomic E-state index is 9.45. The molecule has 0 aromatic heterocycles. The van der Waals surface area contributed by atoms with Crippen molar-refractivity contribution in [3.05, 3.63) is 24.3 Å². The van der Waals surface area contributed by atoms with Crippen LogP contribution in [-0.2, 0) is 0 Å². The number of likely N-dealkylation sites (N-methyl/N-ethyl adjacent to an activating group) is 1. The first-order chi connectivity index (χ1) is 7.19. The minimum Gasteiger partial charge on any atom is -0.495 e. The first kappa shape index (κ1) is 11.8. The molecule has 1 aromatic carbocycles. The molecule has 84 valence electrons. The number of benzene rings is 1. The third-order valence-corrected chi connectivity index (χ3v) is 2.25. The topological polar surface area (TPSA) is 58.7 Å². The fourth-order valence-corrected chi connectivity index (χ4v) is 1.43. The SMILES string of the molecule is COc1ccccc1N(C)CC(O)CN. The Bertz CT molecular complexity index is 304. The van der Waals surface area contributed by atoms with Crippen LogP contribution in [0, 0.1) is 0 Å². The van der Waals surface area contributed by atoms with Gasteiger partial charge in [0.25, 0.3) is 0 Å². The van der Waals surface area contributed by atoms with Crippen molar-refractivity contribution in [3.8, 4) is 5.75 Å². The number of nitrogens with two attached hydrogens (primary N) is 1. The van der Waals surface area contributed by atoms with Gasteiger partial charge in [-0.15, -0.1) is 0 Å². The van der Waals surface area contributed by atoms with Crippen LogP contribution in [0.4, 0.5) is 5.69 Å². The zero-order valence-electron chi connectivity index (χ0n) is 9.18. The average molecular weight is 210 g/mol. The molecule has 15 heavy (non-hydrogen) atoms. The number of ether oxygens (including phenoxy) is 1. The van der Waals surface area contributed by atoms with Crippen LogP contribution < -0.4 is 15.4 Å². The van der Waals surface area contributed by atoms with Crippen molar-refractivity contribution in [2.75, 3.05) is 32.1 Å². The van der Waals surface area contributed by atoms with E-state index in [0.717, 1.165) is 11.4 Å². The summed E-state index contributed by atoms with van der Waals surface area (Å²) in [5, 5.41) is 9.45. The van der Waals surface area contributed by atoms with Crippen molar-refractivity contribution in [2.24, 2.45) is 5.73 Å². The van der Waals surface area contributed by atoms with Crippen molar-refractivity contribution >= 4 is 5.69 Å². The first-order valence-electron chi connectivity index (χ1n) is 4.91. The Balaban J connectivity index is 2.76. The third-order valence-electron chi connectivity index (χ3n) is 2.25. The minimum atomic E-state index is -0.514. The largest absolute Gasteiger partial charge is 0.495 e. The monoisotopic (exact) mass is 210 g/mol. The van der Waals surface area contributed by atoms with Crippen LogP contribution in [0.2, 0.25) is 0 Å². The maximum Gasteiger partial charge on any atom is 0.142 e. The van der Waals surface area contributed by atoms with Crippen LogP contribution in [0.5, 0.6) is 5.75 Å². The Morgan fingerprint density at radius 3 is 2.73 bits per heavy atom. The summed E-state index contributed by atoms with van der Waals surface area (Å²) in [5.41, 5.74) is 6.31. The second-order valence-corrected chi connectivity index (χ2v) is 3.44. The number of hydrogen-bond acceptors (Lipinski definition) is 4. The van der Waals surface area contributed by atoms with Gasteiger partial charge in [0.1, 0.15) is 5.75 Å². The molecule has 1 unspecified atom stereocenters. The Morgan fingerprint density at radius 1 is 1.47 bits per heavy atom. The molecule has 0 aliphatic carbocycles. The van der Waals surface area contributed by atoms with Crippen molar-refractivity contribution in [3.63, 3.8) is 0 Å². The van der Waals surface area contributed by atoms with Crippen LogP contribution in [0.3, 0.4) is 0 Å². The maximum absolute atomic E-state index is 9.45. The highest BCUT2D eigenvalue weighted by Gasteiger charge is 2.10. The molecule has 0 spiro atoms. The summed E-state index contributed by atoms with van der Waals surface area (Å²) in [6.45, 7) is 0.760. The van der Waals surface area contributed by atoms with E-state index in [1.54, 1.807) is 7.11 Å². The van der Waals surface area contributed by atoms with Crippen LogP contribution in [0.15, 0.2) is 24.3 Å². The predicted octanol–water partition coefficient (Wildman–Crippen LogP) is 0.451. The summed E-state index contributed by atoms with van der Waals surface area (Å²) >= 11 is 0. The molecule has 0 aliphatic rings. The van der Waals surface area contributed by atoms with Crippen molar-refractivity contribution in [2.45, 2.75) is 6.10 Å². The van der Waals surface area contributed by atoms with Gasteiger partial charge in [-0.25, -0.2) is 0 Å². The number of aliphatic hydroxyl groups is 1. The quantitative estimate of drug-likeness (QED) is 0.741. The predicted molar refractivity (Wildman–Crippen MR) is 61.3 cm³/mol. The summed E-state index contributed by atoms with van der Waals surface area (Å²) in [5.74, 6) is 0.796.